The number of benzene rings is 1. The molecule has 1 aromatic heterocycles. The molecule has 0 aliphatic carbocycles. The van der Waals surface area contributed by atoms with Gasteiger partial charge >= 0.3 is 6.03 Å². The van der Waals surface area contributed by atoms with Crippen molar-refractivity contribution in [2.75, 3.05) is 6.61 Å². The number of allylic oxidation sites excluding steroid dienone is 1. The molecule has 1 aliphatic heterocycles. The minimum atomic E-state index is -0.217. The maximum atomic E-state index is 11.9. The number of urea groups is 1. The summed E-state index contributed by atoms with van der Waals surface area (Å²) in [6, 6.07) is 7.77. The summed E-state index contributed by atoms with van der Waals surface area (Å²) in [4.78, 5) is 13.4. The maximum Gasteiger partial charge on any atom is 0.326 e. The summed E-state index contributed by atoms with van der Waals surface area (Å²) in [5.74, 6) is 0.881. The first kappa shape index (κ1) is 17.7. The zero-order valence-electron chi connectivity index (χ0n) is 14.9. The molecule has 0 bridgehead atoms. The molecule has 2 amide bonds. The lowest BCUT2D eigenvalue weighted by atomic mass is 10.2. The minimum Gasteiger partial charge on any atom is -0.494 e. The molecule has 0 saturated carbocycles. The van der Waals surface area contributed by atoms with E-state index in [4.69, 9.17) is 4.74 Å². The van der Waals surface area contributed by atoms with E-state index in [9.17, 15) is 4.79 Å². The largest absolute Gasteiger partial charge is 0.494 e. The molecule has 136 valence electrons. The average molecular weight is 353 g/mol. The van der Waals surface area contributed by atoms with Gasteiger partial charge in [0, 0.05) is 11.9 Å². The number of nitrogens with zero attached hydrogens (tertiary/aromatic N) is 4. The van der Waals surface area contributed by atoms with Crippen molar-refractivity contribution >= 4 is 6.03 Å². The van der Waals surface area contributed by atoms with Gasteiger partial charge in [-0.3, -0.25) is 4.90 Å². The number of rotatable bonds is 8. The Morgan fingerprint density at radius 1 is 1.23 bits per heavy atom. The number of hydrogen-bond donors (Lipinski definition) is 1. The molecule has 2 heterocycles. The highest BCUT2D eigenvalue weighted by atomic mass is 16.5. The second-order valence-electron chi connectivity index (χ2n) is 6.15. The minimum absolute atomic E-state index is 0.217. The molecule has 0 fully saturated rings. The van der Waals surface area contributed by atoms with Crippen LogP contribution in [0.15, 0.2) is 55.0 Å². The third kappa shape index (κ3) is 4.72. The quantitative estimate of drug-likeness (QED) is 0.741. The SMILES string of the molecule is C=C1C=CN(Cc2cn(Cc3ccc(OCCCC)cc3)nn2)C(=O)N1. The van der Waals surface area contributed by atoms with Crippen LogP contribution >= 0.6 is 0 Å². The Balaban J connectivity index is 1.56. The molecular weight excluding hydrogens is 330 g/mol. The highest BCUT2D eigenvalue weighted by Gasteiger charge is 2.16. The first-order valence-corrected chi connectivity index (χ1v) is 8.69. The Morgan fingerprint density at radius 2 is 2.04 bits per heavy atom. The molecule has 0 saturated heterocycles. The monoisotopic (exact) mass is 353 g/mol. The summed E-state index contributed by atoms with van der Waals surface area (Å²) in [7, 11) is 0. The lowest BCUT2D eigenvalue weighted by molar-refractivity contribution is 0.214. The molecule has 1 N–H and O–H groups in total. The maximum absolute atomic E-state index is 11.9. The lowest BCUT2D eigenvalue weighted by Gasteiger charge is -2.21. The summed E-state index contributed by atoms with van der Waals surface area (Å²) in [5, 5.41) is 10.9. The lowest BCUT2D eigenvalue weighted by Crippen LogP contribution is -2.38. The average Bonchev–Trinajstić information content (AvgIpc) is 3.06. The number of carbonyl (C=O) groups excluding carboxylic acids is 1. The van der Waals surface area contributed by atoms with Crippen molar-refractivity contribution in [2.45, 2.75) is 32.9 Å². The number of aromatic nitrogens is 3. The number of ether oxygens (including phenoxy) is 1. The molecule has 0 spiro atoms. The fourth-order valence-corrected chi connectivity index (χ4v) is 2.50. The Labute approximate surface area is 152 Å². The molecule has 26 heavy (non-hydrogen) atoms. The highest BCUT2D eigenvalue weighted by Crippen LogP contribution is 2.14. The summed E-state index contributed by atoms with van der Waals surface area (Å²) in [5.41, 5.74) is 2.41. The van der Waals surface area contributed by atoms with Crippen LogP contribution in [0.1, 0.15) is 31.0 Å². The summed E-state index contributed by atoms with van der Waals surface area (Å²) < 4.78 is 7.42. The summed E-state index contributed by atoms with van der Waals surface area (Å²) in [6.07, 6.45) is 7.46. The van der Waals surface area contributed by atoms with E-state index in [1.807, 2.05) is 30.5 Å². The van der Waals surface area contributed by atoms with E-state index in [0.717, 1.165) is 36.5 Å². The van der Waals surface area contributed by atoms with Gasteiger partial charge in [-0.2, -0.15) is 0 Å². The number of nitrogens with one attached hydrogen (secondary N) is 1. The molecule has 2 aromatic rings. The van der Waals surface area contributed by atoms with E-state index in [1.54, 1.807) is 17.0 Å². The fraction of sp³-hybridized carbons (Fsp3) is 0.316. The van der Waals surface area contributed by atoms with Crippen LogP contribution in [0.4, 0.5) is 4.79 Å². The zero-order chi connectivity index (χ0) is 18.4. The van der Waals surface area contributed by atoms with Gasteiger partial charge < -0.3 is 10.1 Å². The first-order chi connectivity index (χ1) is 12.6. The zero-order valence-corrected chi connectivity index (χ0v) is 14.9. The van der Waals surface area contributed by atoms with Crippen molar-refractivity contribution in [3.8, 4) is 5.75 Å². The third-order valence-corrected chi connectivity index (χ3v) is 3.94. The van der Waals surface area contributed by atoms with Crippen molar-refractivity contribution in [3.63, 3.8) is 0 Å². The number of unbranched alkanes of at least 4 members (excludes halogenated alkanes) is 1. The highest BCUT2D eigenvalue weighted by molar-refractivity contribution is 5.79. The Morgan fingerprint density at radius 3 is 2.77 bits per heavy atom. The van der Waals surface area contributed by atoms with Gasteiger partial charge in [-0.25, -0.2) is 9.48 Å². The Hall–Kier alpha value is -3.09. The second-order valence-corrected chi connectivity index (χ2v) is 6.15. The molecule has 1 aliphatic rings. The topological polar surface area (TPSA) is 72.3 Å². The van der Waals surface area contributed by atoms with Crippen LogP contribution < -0.4 is 10.1 Å². The fourth-order valence-electron chi connectivity index (χ4n) is 2.50. The predicted molar refractivity (Wildman–Crippen MR) is 98.3 cm³/mol. The van der Waals surface area contributed by atoms with E-state index in [-0.39, 0.29) is 6.03 Å². The molecule has 0 atom stereocenters. The number of amides is 2. The van der Waals surface area contributed by atoms with Crippen molar-refractivity contribution in [3.05, 3.63) is 66.3 Å². The number of carbonyl (C=O) groups is 1. The first-order valence-electron chi connectivity index (χ1n) is 8.69. The van der Waals surface area contributed by atoms with Gasteiger partial charge in [0.2, 0.25) is 0 Å². The van der Waals surface area contributed by atoms with Gasteiger partial charge in [0.1, 0.15) is 11.4 Å². The van der Waals surface area contributed by atoms with Crippen LogP contribution in [-0.4, -0.2) is 32.5 Å². The van der Waals surface area contributed by atoms with E-state index in [0.29, 0.717) is 18.8 Å². The smallest absolute Gasteiger partial charge is 0.326 e. The van der Waals surface area contributed by atoms with Gasteiger partial charge in [-0.1, -0.05) is 37.3 Å². The van der Waals surface area contributed by atoms with Gasteiger partial charge in [0.15, 0.2) is 0 Å². The Kier molecular flexibility index (Phi) is 5.68. The van der Waals surface area contributed by atoms with Gasteiger partial charge in [0.25, 0.3) is 0 Å². The molecule has 0 unspecified atom stereocenters. The van der Waals surface area contributed by atoms with Crippen LogP contribution in [0, 0.1) is 0 Å². The van der Waals surface area contributed by atoms with Gasteiger partial charge in [0.05, 0.1) is 25.9 Å². The van der Waals surface area contributed by atoms with E-state index in [1.165, 1.54) is 4.90 Å². The predicted octanol–water partition coefficient (Wildman–Crippen LogP) is 3.06. The van der Waals surface area contributed by atoms with Crippen molar-refractivity contribution in [1.29, 1.82) is 0 Å². The summed E-state index contributed by atoms with van der Waals surface area (Å²) >= 11 is 0. The van der Waals surface area contributed by atoms with Crippen LogP contribution in [0.25, 0.3) is 0 Å². The molecule has 7 heteroatoms. The second kappa shape index (κ2) is 8.33. The van der Waals surface area contributed by atoms with Gasteiger partial charge in [-0.05, 0) is 30.2 Å². The standard InChI is InChI=1S/C19H23N5O2/c1-3-4-11-26-18-7-5-16(6-8-18)12-24-14-17(21-22-24)13-23-10-9-15(2)20-19(23)25/h5-10,14H,2-4,11-13H2,1H3,(H,20,25). The van der Waals surface area contributed by atoms with Crippen LogP contribution in [-0.2, 0) is 13.1 Å². The van der Waals surface area contributed by atoms with Crippen molar-refractivity contribution in [2.24, 2.45) is 0 Å². The third-order valence-electron chi connectivity index (χ3n) is 3.94. The normalized spacial score (nSPS) is 13.8. The molecular formula is C19H23N5O2. The molecule has 1 aromatic carbocycles. The van der Waals surface area contributed by atoms with Gasteiger partial charge in [-0.15, -0.1) is 5.10 Å². The van der Waals surface area contributed by atoms with Crippen LogP contribution in [0.5, 0.6) is 5.75 Å². The molecule has 3 rings (SSSR count). The summed E-state index contributed by atoms with van der Waals surface area (Å²) in [6.45, 7) is 7.56. The van der Waals surface area contributed by atoms with E-state index in [2.05, 4.69) is 29.1 Å². The molecule has 7 nitrogen and oxygen atoms in total. The van der Waals surface area contributed by atoms with Crippen LogP contribution in [0.3, 0.4) is 0 Å². The van der Waals surface area contributed by atoms with E-state index < -0.39 is 0 Å². The Bertz CT molecular complexity index is 795. The van der Waals surface area contributed by atoms with E-state index >= 15 is 0 Å². The van der Waals surface area contributed by atoms with Crippen molar-refractivity contribution < 1.29 is 9.53 Å². The molecule has 0 radical (unpaired) electrons. The van der Waals surface area contributed by atoms with Crippen molar-refractivity contribution in [1.82, 2.24) is 25.2 Å². The number of hydrogen-bond acceptors (Lipinski definition) is 4. The van der Waals surface area contributed by atoms with Crippen LogP contribution in [0.2, 0.25) is 0 Å².